The van der Waals surface area contributed by atoms with Crippen molar-refractivity contribution < 1.29 is 19.0 Å². The van der Waals surface area contributed by atoms with Crippen molar-refractivity contribution in [2.24, 2.45) is 0 Å². The van der Waals surface area contributed by atoms with E-state index in [0.29, 0.717) is 17.9 Å². The summed E-state index contributed by atoms with van der Waals surface area (Å²) in [5.74, 6) is 2.00. The molecule has 0 aromatic heterocycles. The summed E-state index contributed by atoms with van der Waals surface area (Å²) in [6.07, 6.45) is 5.53. The molecule has 0 bridgehead atoms. The molecular formula is C25H33NO4. The molecule has 5 heteroatoms. The maximum Gasteiger partial charge on any atom is 0.261 e. The highest BCUT2D eigenvalue weighted by atomic mass is 16.5. The maximum absolute atomic E-state index is 13.0. The molecule has 1 amide bonds. The molecule has 0 radical (unpaired) electrons. The second kappa shape index (κ2) is 10.4. The molecule has 2 atom stereocenters. The zero-order chi connectivity index (χ0) is 21.5. The van der Waals surface area contributed by atoms with Crippen LogP contribution in [0.2, 0.25) is 0 Å². The van der Waals surface area contributed by atoms with Crippen molar-refractivity contribution in [3.8, 4) is 17.2 Å². The van der Waals surface area contributed by atoms with Gasteiger partial charge in [0.2, 0.25) is 0 Å². The third-order valence-electron chi connectivity index (χ3n) is 5.80. The minimum atomic E-state index is -0.527. The Morgan fingerprint density at radius 2 is 1.67 bits per heavy atom. The first-order valence-electron chi connectivity index (χ1n) is 10.9. The van der Waals surface area contributed by atoms with Crippen LogP contribution in [0.25, 0.3) is 0 Å². The first-order valence-corrected chi connectivity index (χ1v) is 10.9. The van der Waals surface area contributed by atoms with Crippen molar-refractivity contribution in [3.05, 3.63) is 53.1 Å². The van der Waals surface area contributed by atoms with E-state index >= 15 is 0 Å². The molecule has 0 saturated heterocycles. The first kappa shape index (κ1) is 22.0. The summed E-state index contributed by atoms with van der Waals surface area (Å²) in [6, 6.07) is 11.9. The molecule has 2 aromatic rings. The van der Waals surface area contributed by atoms with Gasteiger partial charge in [-0.05, 0) is 79.5 Å². The predicted molar refractivity (Wildman–Crippen MR) is 119 cm³/mol. The number of fused-ring (bicyclic) bond motifs is 1. The molecular weight excluding hydrogens is 378 g/mol. The van der Waals surface area contributed by atoms with E-state index in [1.165, 1.54) is 24.0 Å². The zero-order valence-electron chi connectivity index (χ0n) is 18.5. The number of rotatable bonds is 9. The molecule has 2 unspecified atom stereocenters. The second-order valence-electron chi connectivity index (χ2n) is 7.74. The van der Waals surface area contributed by atoms with Crippen LogP contribution < -0.4 is 19.5 Å². The van der Waals surface area contributed by atoms with Crippen LogP contribution in [-0.2, 0) is 17.6 Å². The zero-order valence-corrected chi connectivity index (χ0v) is 18.5. The van der Waals surface area contributed by atoms with Gasteiger partial charge >= 0.3 is 0 Å². The molecule has 0 heterocycles. The summed E-state index contributed by atoms with van der Waals surface area (Å²) in [5.41, 5.74) is 3.74. The first-order chi connectivity index (χ1) is 14.6. The molecule has 0 saturated carbocycles. The number of carbonyl (C=O) groups excluding carboxylic acids is 1. The summed E-state index contributed by atoms with van der Waals surface area (Å²) in [7, 11) is 3.22. The Morgan fingerprint density at radius 1 is 0.933 bits per heavy atom. The maximum atomic E-state index is 13.0. The number of nitrogens with one attached hydrogen (secondary N) is 1. The van der Waals surface area contributed by atoms with Gasteiger partial charge in [0.05, 0.1) is 20.3 Å². The Balaban J connectivity index is 1.70. The molecule has 3 rings (SSSR count). The molecule has 0 fully saturated rings. The minimum absolute atomic E-state index is 0.100. The lowest BCUT2D eigenvalue weighted by Gasteiger charge is -2.24. The van der Waals surface area contributed by atoms with Gasteiger partial charge < -0.3 is 19.5 Å². The van der Waals surface area contributed by atoms with Gasteiger partial charge in [0, 0.05) is 0 Å². The Morgan fingerprint density at radius 3 is 2.33 bits per heavy atom. The molecule has 0 aliphatic heterocycles. The van der Waals surface area contributed by atoms with Crippen LogP contribution in [0.4, 0.5) is 0 Å². The van der Waals surface area contributed by atoms with Gasteiger partial charge in [-0.2, -0.15) is 0 Å². The van der Waals surface area contributed by atoms with Gasteiger partial charge in [0.15, 0.2) is 17.6 Å². The summed E-state index contributed by atoms with van der Waals surface area (Å²) in [5, 5.41) is 3.15. The average Bonchev–Trinajstić information content (AvgIpc) is 2.80. The summed E-state index contributed by atoms with van der Waals surface area (Å²) < 4.78 is 16.8. The van der Waals surface area contributed by atoms with Crippen LogP contribution in [0.1, 0.15) is 62.3 Å². The van der Waals surface area contributed by atoms with Crippen molar-refractivity contribution in [3.63, 3.8) is 0 Å². The summed E-state index contributed by atoms with van der Waals surface area (Å²) in [4.78, 5) is 13.0. The van der Waals surface area contributed by atoms with Gasteiger partial charge in [-0.1, -0.05) is 26.0 Å². The Kier molecular flexibility index (Phi) is 7.61. The largest absolute Gasteiger partial charge is 0.493 e. The second-order valence-corrected chi connectivity index (χ2v) is 7.74. The van der Waals surface area contributed by atoms with Crippen molar-refractivity contribution >= 4 is 5.91 Å². The van der Waals surface area contributed by atoms with Gasteiger partial charge in [0.1, 0.15) is 5.75 Å². The highest BCUT2D eigenvalue weighted by molar-refractivity contribution is 5.81. The summed E-state index contributed by atoms with van der Waals surface area (Å²) in [6.45, 7) is 4.02. The minimum Gasteiger partial charge on any atom is -0.493 e. The molecule has 0 spiro atoms. The van der Waals surface area contributed by atoms with Crippen LogP contribution in [0, 0.1) is 0 Å². The molecule has 30 heavy (non-hydrogen) atoms. The lowest BCUT2D eigenvalue weighted by molar-refractivity contribution is -0.128. The number of carbonyl (C=O) groups is 1. The number of hydrogen-bond donors (Lipinski definition) is 1. The van der Waals surface area contributed by atoms with E-state index in [2.05, 4.69) is 17.4 Å². The van der Waals surface area contributed by atoms with Gasteiger partial charge in [-0.25, -0.2) is 0 Å². The fourth-order valence-corrected chi connectivity index (χ4v) is 4.02. The number of benzene rings is 2. The summed E-state index contributed by atoms with van der Waals surface area (Å²) >= 11 is 0. The van der Waals surface area contributed by atoms with Crippen LogP contribution >= 0.6 is 0 Å². The molecule has 5 nitrogen and oxygen atoms in total. The van der Waals surface area contributed by atoms with E-state index in [4.69, 9.17) is 14.2 Å². The normalized spacial score (nSPS) is 14.9. The van der Waals surface area contributed by atoms with E-state index in [9.17, 15) is 4.79 Å². The lowest BCUT2D eigenvalue weighted by Crippen LogP contribution is -2.40. The number of hydrogen-bond acceptors (Lipinski definition) is 4. The van der Waals surface area contributed by atoms with Crippen molar-refractivity contribution in [2.75, 3.05) is 14.2 Å². The van der Waals surface area contributed by atoms with Crippen LogP contribution in [-0.4, -0.2) is 26.2 Å². The topological polar surface area (TPSA) is 56.8 Å². The Bertz CT molecular complexity index is 864. The van der Waals surface area contributed by atoms with E-state index in [-0.39, 0.29) is 11.9 Å². The number of amides is 1. The van der Waals surface area contributed by atoms with Crippen molar-refractivity contribution in [1.82, 2.24) is 5.32 Å². The van der Waals surface area contributed by atoms with Crippen molar-refractivity contribution in [2.45, 2.75) is 64.5 Å². The monoisotopic (exact) mass is 411 g/mol. The fourth-order valence-electron chi connectivity index (χ4n) is 4.02. The average molecular weight is 412 g/mol. The van der Waals surface area contributed by atoms with Crippen LogP contribution in [0.3, 0.4) is 0 Å². The number of ether oxygens (including phenoxy) is 3. The standard InChI is InChI=1S/C25H33NO4/c1-5-21(19-12-14-23(28-3)24(16-19)29-4)26-25(27)22(6-2)30-20-13-11-17-9-7-8-10-18(17)15-20/h11-16,21-22H,5-10H2,1-4H3,(H,26,27). The van der Waals surface area contributed by atoms with Gasteiger partial charge in [0.25, 0.3) is 5.91 Å². The highest BCUT2D eigenvalue weighted by Gasteiger charge is 2.23. The quantitative estimate of drug-likeness (QED) is 0.630. The van der Waals surface area contributed by atoms with Crippen molar-refractivity contribution in [1.29, 1.82) is 0 Å². The molecule has 1 aliphatic rings. The smallest absolute Gasteiger partial charge is 0.261 e. The van der Waals surface area contributed by atoms with E-state index < -0.39 is 6.10 Å². The van der Waals surface area contributed by atoms with Gasteiger partial charge in [-0.3, -0.25) is 4.79 Å². The fraction of sp³-hybridized carbons (Fsp3) is 0.480. The van der Waals surface area contributed by atoms with Crippen LogP contribution in [0.15, 0.2) is 36.4 Å². The Hall–Kier alpha value is -2.69. The predicted octanol–water partition coefficient (Wildman–Crippen LogP) is 5.01. The van der Waals surface area contributed by atoms with Gasteiger partial charge in [-0.15, -0.1) is 0 Å². The third kappa shape index (κ3) is 5.07. The molecule has 2 aromatic carbocycles. The van der Waals surface area contributed by atoms with E-state index in [1.54, 1.807) is 14.2 Å². The third-order valence-corrected chi connectivity index (χ3v) is 5.80. The molecule has 162 valence electrons. The lowest BCUT2D eigenvalue weighted by atomic mass is 9.92. The Labute approximate surface area is 179 Å². The highest BCUT2D eigenvalue weighted by Crippen LogP contribution is 2.31. The molecule has 1 aliphatic carbocycles. The number of methoxy groups -OCH3 is 2. The van der Waals surface area contributed by atoms with E-state index in [0.717, 1.165) is 30.6 Å². The number of aryl methyl sites for hydroxylation is 2. The van der Waals surface area contributed by atoms with E-state index in [1.807, 2.05) is 38.1 Å². The molecule has 1 N–H and O–H groups in total. The van der Waals surface area contributed by atoms with Crippen LogP contribution in [0.5, 0.6) is 17.2 Å². The SMILES string of the molecule is CCC(Oc1ccc2c(c1)CCCC2)C(=O)NC(CC)c1ccc(OC)c(OC)c1.